The van der Waals surface area contributed by atoms with Gasteiger partial charge in [-0.05, 0) is 57.3 Å². The van der Waals surface area contributed by atoms with Crippen molar-refractivity contribution in [1.82, 2.24) is 0 Å². The maximum atomic E-state index is 11.4. The van der Waals surface area contributed by atoms with Crippen molar-refractivity contribution < 1.29 is 14.7 Å². The van der Waals surface area contributed by atoms with E-state index in [4.69, 9.17) is 10.8 Å². The molecule has 0 aromatic carbocycles. The van der Waals surface area contributed by atoms with Crippen molar-refractivity contribution in [3.63, 3.8) is 0 Å². The molecule has 0 aromatic heterocycles. The van der Waals surface area contributed by atoms with E-state index in [1.165, 1.54) is 0 Å². The van der Waals surface area contributed by atoms with Gasteiger partial charge in [-0.25, -0.2) is 0 Å². The molecular formula is C8H6I3NO3. The molecule has 1 aliphatic rings. The van der Waals surface area contributed by atoms with Crippen molar-refractivity contribution >= 4 is 79.6 Å². The third-order valence-electron chi connectivity index (χ3n) is 1.94. The summed E-state index contributed by atoms with van der Waals surface area (Å²) in [6.45, 7) is 0. The van der Waals surface area contributed by atoms with Gasteiger partial charge in [0.25, 0.3) is 0 Å². The van der Waals surface area contributed by atoms with Crippen LogP contribution in [0.3, 0.4) is 0 Å². The Balaban J connectivity index is 3.31. The van der Waals surface area contributed by atoms with Crippen LogP contribution in [-0.4, -0.2) is 20.4 Å². The van der Waals surface area contributed by atoms with Crippen LogP contribution in [0.25, 0.3) is 0 Å². The maximum Gasteiger partial charge on any atom is 0.313 e. The van der Waals surface area contributed by atoms with E-state index in [1.54, 1.807) is 34.7 Å². The van der Waals surface area contributed by atoms with Crippen molar-refractivity contribution in [3.05, 3.63) is 19.3 Å². The first-order chi connectivity index (χ1) is 6.79. The Bertz CT molecular complexity index is 391. The molecule has 1 amide bonds. The molecule has 0 aromatic rings. The first-order valence-electron chi connectivity index (χ1n) is 3.76. The Hall–Kier alpha value is 0.610. The Morgan fingerprint density at radius 2 is 2.00 bits per heavy atom. The molecule has 7 heteroatoms. The number of carboxylic acids is 1. The zero-order valence-corrected chi connectivity index (χ0v) is 13.7. The average molecular weight is 545 g/mol. The number of amides is 1. The largest absolute Gasteiger partial charge is 0.481 e. The van der Waals surface area contributed by atoms with E-state index in [0.717, 1.165) is 3.58 Å². The minimum atomic E-state index is -1.18. The van der Waals surface area contributed by atoms with Crippen LogP contribution in [0.1, 0.15) is 0 Å². The number of carbonyl (C=O) groups excluding carboxylic acids is 1. The number of alkyl halides is 1. The van der Waals surface area contributed by atoms with Crippen LogP contribution in [-0.2, 0) is 9.59 Å². The summed E-state index contributed by atoms with van der Waals surface area (Å²) in [5.74, 6) is -2.56. The topological polar surface area (TPSA) is 80.4 Å². The van der Waals surface area contributed by atoms with E-state index in [1.807, 2.05) is 45.2 Å². The average Bonchev–Trinajstić information content (AvgIpc) is 2.00. The SMILES string of the molecule is NC(=O)C1(I)C=C(I)C=C(I)C1C(=O)O. The summed E-state index contributed by atoms with van der Waals surface area (Å²) in [7, 11) is 0. The zero-order valence-electron chi connectivity index (χ0n) is 7.21. The van der Waals surface area contributed by atoms with Crippen LogP contribution in [0.4, 0.5) is 0 Å². The molecule has 1 rings (SSSR count). The van der Waals surface area contributed by atoms with E-state index in [0.29, 0.717) is 3.58 Å². The molecule has 15 heavy (non-hydrogen) atoms. The van der Waals surface area contributed by atoms with E-state index >= 15 is 0 Å². The van der Waals surface area contributed by atoms with Crippen LogP contribution in [0.2, 0.25) is 0 Å². The highest BCUT2D eigenvalue weighted by Gasteiger charge is 2.48. The summed E-state index contributed by atoms with van der Waals surface area (Å²) >= 11 is 5.77. The Kier molecular flexibility index (Phi) is 4.43. The standard InChI is InChI=1S/C8H6I3NO3/c9-3-1-4(10)5(6(13)14)8(11,2-3)7(12)15/h1-2,5H,(H2,12,15)(H,13,14). The number of primary amides is 1. The summed E-state index contributed by atoms with van der Waals surface area (Å²) in [5.41, 5.74) is 5.27. The molecule has 1 aliphatic carbocycles. The van der Waals surface area contributed by atoms with Crippen LogP contribution in [0.5, 0.6) is 0 Å². The molecule has 0 saturated carbocycles. The highest BCUT2D eigenvalue weighted by Crippen LogP contribution is 2.43. The molecule has 0 radical (unpaired) electrons. The minimum Gasteiger partial charge on any atom is -0.481 e. The molecule has 82 valence electrons. The predicted octanol–water partition coefficient (Wildman–Crippen LogP) is 2.00. The van der Waals surface area contributed by atoms with E-state index in [-0.39, 0.29) is 0 Å². The number of hydrogen-bond donors (Lipinski definition) is 2. The molecule has 0 aliphatic heterocycles. The molecule has 0 heterocycles. The minimum absolute atomic E-state index is 0.611. The number of carbonyl (C=O) groups is 2. The summed E-state index contributed by atoms with van der Waals surface area (Å²) in [6, 6.07) is 0. The number of nitrogens with two attached hydrogens (primary N) is 1. The summed E-state index contributed by atoms with van der Waals surface area (Å²) < 4.78 is 0.258. The molecular weight excluding hydrogens is 539 g/mol. The van der Waals surface area contributed by atoms with Crippen molar-refractivity contribution in [2.45, 2.75) is 3.42 Å². The fraction of sp³-hybridized carbons (Fsp3) is 0.250. The number of hydrogen-bond acceptors (Lipinski definition) is 2. The molecule has 3 N–H and O–H groups in total. The van der Waals surface area contributed by atoms with Crippen LogP contribution >= 0.6 is 67.8 Å². The van der Waals surface area contributed by atoms with Gasteiger partial charge in [-0.3, -0.25) is 9.59 Å². The lowest BCUT2D eigenvalue weighted by molar-refractivity contribution is -0.142. The lowest BCUT2D eigenvalue weighted by Crippen LogP contribution is -2.47. The number of halogens is 3. The van der Waals surface area contributed by atoms with Gasteiger partial charge in [-0.2, -0.15) is 0 Å². The molecule has 0 saturated heterocycles. The molecule has 0 fully saturated rings. The molecule has 0 bridgehead atoms. The quantitative estimate of drug-likeness (QED) is 0.412. The second-order valence-electron chi connectivity index (χ2n) is 2.96. The van der Waals surface area contributed by atoms with E-state index < -0.39 is 21.2 Å². The van der Waals surface area contributed by atoms with Gasteiger partial charge >= 0.3 is 5.97 Å². The third kappa shape index (κ3) is 2.65. The second kappa shape index (κ2) is 4.85. The second-order valence-corrected chi connectivity index (χ2v) is 7.24. The Labute approximate surface area is 127 Å². The smallest absolute Gasteiger partial charge is 0.313 e. The Morgan fingerprint density at radius 3 is 2.40 bits per heavy atom. The van der Waals surface area contributed by atoms with Crippen molar-refractivity contribution in [1.29, 1.82) is 0 Å². The fourth-order valence-electron chi connectivity index (χ4n) is 1.25. The number of rotatable bonds is 2. The number of carboxylic acid groups (broad SMARTS) is 1. The van der Waals surface area contributed by atoms with E-state index in [2.05, 4.69) is 0 Å². The van der Waals surface area contributed by atoms with Gasteiger partial charge in [0.2, 0.25) is 5.91 Å². The summed E-state index contributed by atoms with van der Waals surface area (Å²) in [6.07, 6.45) is 3.33. The monoisotopic (exact) mass is 545 g/mol. The van der Waals surface area contributed by atoms with Crippen LogP contribution in [0, 0.1) is 5.92 Å². The Morgan fingerprint density at radius 1 is 1.47 bits per heavy atom. The predicted molar refractivity (Wildman–Crippen MR) is 81.3 cm³/mol. The zero-order chi connectivity index (χ0) is 11.8. The van der Waals surface area contributed by atoms with E-state index in [9.17, 15) is 9.59 Å². The molecule has 2 atom stereocenters. The first kappa shape index (κ1) is 13.7. The number of allylic oxidation sites excluding steroid dienone is 2. The molecule has 4 nitrogen and oxygen atoms in total. The van der Waals surface area contributed by atoms with Crippen LogP contribution in [0.15, 0.2) is 19.3 Å². The normalized spacial score (nSPS) is 30.5. The van der Waals surface area contributed by atoms with Gasteiger partial charge < -0.3 is 10.8 Å². The van der Waals surface area contributed by atoms with Gasteiger partial charge in [-0.15, -0.1) is 0 Å². The van der Waals surface area contributed by atoms with Crippen molar-refractivity contribution in [2.24, 2.45) is 11.7 Å². The van der Waals surface area contributed by atoms with Crippen LogP contribution < -0.4 is 5.73 Å². The maximum absolute atomic E-state index is 11.4. The molecule has 0 spiro atoms. The first-order valence-corrected chi connectivity index (χ1v) is 6.99. The summed E-state index contributed by atoms with van der Waals surface area (Å²) in [4.78, 5) is 22.5. The van der Waals surface area contributed by atoms with Gasteiger partial charge in [0.15, 0.2) is 0 Å². The van der Waals surface area contributed by atoms with Crippen molar-refractivity contribution in [3.8, 4) is 0 Å². The van der Waals surface area contributed by atoms with Crippen molar-refractivity contribution in [2.75, 3.05) is 0 Å². The summed E-state index contributed by atoms with van der Waals surface area (Å²) in [5, 5.41) is 9.09. The van der Waals surface area contributed by atoms with Gasteiger partial charge in [0, 0.05) is 7.16 Å². The lowest BCUT2D eigenvalue weighted by Gasteiger charge is -2.30. The molecule has 2 unspecified atom stereocenters. The lowest BCUT2D eigenvalue weighted by atomic mass is 9.88. The van der Waals surface area contributed by atoms with Gasteiger partial charge in [0.05, 0.1) is 0 Å². The highest BCUT2D eigenvalue weighted by atomic mass is 127. The number of aliphatic carboxylic acids is 1. The van der Waals surface area contributed by atoms with Gasteiger partial charge in [0.1, 0.15) is 9.34 Å². The van der Waals surface area contributed by atoms with Gasteiger partial charge in [-0.1, -0.05) is 22.6 Å². The highest BCUT2D eigenvalue weighted by molar-refractivity contribution is 14.1. The fourth-order valence-corrected chi connectivity index (χ4v) is 5.90. The third-order valence-corrected chi connectivity index (χ3v) is 4.97.